The standard InChI is InChI=1S/C21H25FN4O2/c1-13-10-17(19-15(3)24-25(4)20(19)23-13)21(27)26(14(2)12-28-5)11-16-8-6-7-9-18(16)22/h6-10,14H,11-12H2,1-5H3. The maximum Gasteiger partial charge on any atom is 0.255 e. The number of aromatic nitrogens is 3. The first-order valence-corrected chi connectivity index (χ1v) is 9.17. The number of rotatable bonds is 6. The van der Waals surface area contributed by atoms with E-state index in [9.17, 15) is 9.18 Å². The molecule has 1 unspecified atom stereocenters. The summed E-state index contributed by atoms with van der Waals surface area (Å²) in [6.45, 7) is 6.09. The molecule has 0 radical (unpaired) electrons. The van der Waals surface area contributed by atoms with Crippen LogP contribution in [0.1, 0.15) is 34.2 Å². The number of nitrogens with zero attached hydrogens (tertiary/aromatic N) is 4. The molecule has 148 valence electrons. The van der Waals surface area contributed by atoms with Gasteiger partial charge in [0, 0.05) is 32.0 Å². The highest BCUT2D eigenvalue weighted by molar-refractivity contribution is 6.06. The monoisotopic (exact) mass is 384 g/mol. The van der Waals surface area contributed by atoms with Gasteiger partial charge in [-0.15, -0.1) is 0 Å². The number of ether oxygens (including phenoxy) is 1. The summed E-state index contributed by atoms with van der Waals surface area (Å²) in [6, 6.07) is 8.03. The van der Waals surface area contributed by atoms with E-state index < -0.39 is 0 Å². The summed E-state index contributed by atoms with van der Waals surface area (Å²) in [7, 11) is 3.39. The molecule has 0 saturated carbocycles. The van der Waals surface area contributed by atoms with Gasteiger partial charge in [0.15, 0.2) is 5.65 Å². The quantitative estimate of drug-likeness (QED) is 0.654. The lowest BCUT2D eigenvalue weighted by molar-refractivity contribution is 0.0541. The summed E-state index contributed by atoms with van der Waals surface area (Å²) in [5.41, 5.74) is 3.10. The molecule has 0 spiro atoms. The van der Waals surface area contributed by atoms with Gasteiger partial charge in [-0.2, -0.15) is 5.10 Å². The van der Waals surface area contributed by atoms with E-state index in [0.717, 1.165) is 16.8 Å². The zero-order chi connectivity index (χ0) is 20.4. The van der Waals surface area contributed by atoms with Crippen molar-refractivity contribution in [2.75, 3.05) is 13.7 Å². The summed E-state index contributed by atoms with van der Waals surface area (Å²) < 4.78 is 21.2. The number of amides is 1. The zero-order valence-electron chi connectivity index (χ0n) is 16.9. The first-order valence-electron chi connectivity index (χ1n) is 9.17. The molecule has 2 heterocycles. The van der Waals surface area contributed by atoms with Gasteiger partial charge in [-0.25, -0.2) is 9.37 Å². The average molecular weight is 384 g/mol. The zero-order valence-corrected chi connectivity index (χ0v) is 16.9. The van der Waals surface area contributed by atoms with Crippen LogP contribution < -0.4 is 0 Å². The summed E-state index contributed by atoms with van der Waals surface area (Å²) in [5.74, 6) is -0.530. The highest BCUT2D eigenvalue weighted by Gasteiger charge is 2.26. The molecule has 3 rings (SSSR count). The third kappa shape index (κ3) is 3.75. The predicted molar refractivity (Wildman–Crippen MR) is 106 cm³/mol. The molecule has 0 aliphatic heterocycles. The van der Waals surface area contributed by atoms with E-state index >= 15 is 0 Å². The second-order valence-electron chi connectivity index (χ2n) is 7.05. The smallest absolute Gasteiger partial charge is 0.255 e. The maximum atomic E-state index is 14.3. The van der Waals surface area contributed by atoms with Crippen molar-refractivity contribution in [2.45, 2.75) is 33.4 Å². The third-order valence-corrected chi connectivity index (χ3v) is 4.83. The van der Waals surface area contributed by atoms with E-state index in [1.807, 2.05) is 20.8 Å². The molecule has 28 heavy (non-hydrogen) atoms. The fraction of sp³-hybridized carbons (Fsp3) is 0.381. The number of carbonyl (C=O) groups is 1. The number of carbonyl (C=O) groups excluding carboxylic acids is 1. The molecular formula is C21H25FN4O2. The number of aryl methyl sites for hydroxylation is 3. The van der Waals surface area contributed by atoms with E-state index in [0.29, 0.717) is 23.4 Å². The van der Waals surface area contributed by atoms with E-state index in [4.69, 9.17) is 4.74 Å². The molecule has 1 atom stereocenters. The van der Waals surface area contributed by atoms with Gasteiger partial charge < -0.3 is 9.64 Å². The molecule has 2 aromatic heterocycles. The number of hydrogen-bond donors (Lipinski definition) is 0. The van der Waals surface area contributed by atoms with Crippen LogP contribution in [0.4, 0.5) is 4.39 Å². The fourth-order valence-electron chi connectivity index (χ4n) is 3.46. The first kappa shape index (κ1) is 19.9. The first-order chi connectivity index (χ1) is 13.3. The minimum absolute atomic E-state index is 0.151. The van der Waals surface area contributed by atoms with Crippen molar-refractivity contribution in [1.29, 1.82) is 0 Å². The Morgan fingerprint density at radius 2 is 2.04 bits per heavy atom. The molecule has 6 nitrogen and oxygen atoms in total. The largest absolute Gasteiger partial charge is 0.383 e. The lowest BCUT2D eigenvalue weighted by Gasteiger charge is -2.29. The van der Waals surface area contributed by atoms with E-state index in [1.165, 1.54) is 6.07 Å². The number of hydrogen-bond acceptors (Lipinski definition) is 4. The van der Waals surface area contributed by atoms with Crippen molar-refractivity contribution in [3.63, 3.8) is 0 Å². The van der Waals surface area contributed by atoms with Gasteiger partial charge in [-0.1, -0.05) is 18.2 Å². The van der Waals surface area contributed by atoms with Crippen molar-refractivity contribution in [3.8, 4) is 0 Å². The summed E-state index contributed by atoms with van der Waals surface area (Å²) in [6.07, 6.45) is 0. The second kappa shape index (κ2) is 8.06. The van der Waals surface area contributed by atoms with Crippen molar-refractivity contribution in [3.05, 3.63) is 58.7 Å². The number of benzene rings is 1. The molecule has 7 heteroatoms. The molecular weight excluding hydrogens is 359 g/mol. The Balaban J connectivity index is 2.09. The van der Waals surface area contributed by atoms with Crippen LogP contribution in [0.2, 0.25) is 0 Å². The minimum Gasteiger partial charge on any atom is -0.383 e. The van der Waals surface area contributed by atoms with Crippen LogP contribution in [-0.2, 0) is 18.3 Å². The normalized spacial score (nSPS) is 12.4. The molecule has 0 fully saturated rings. The second-order valence-corrected chi connectivity index (χ2v) is 7.05. The molecule has 3 aromatic rings. The van der Waals surface area contributed by atoms with Gasteiger partial charge in [0.25, 0.3) is 5.91 Å². The molecule has 0 N–H and O–H groups in total. The Hall–Kier alpha value is -2.80. The molecule has 0 saturated heterocycles. The van der Waals surface area contributed by atoms with Crippen molar-refractivity contribution in [1.82, 2.24) is 19.7 Å². The number of fused-ring (bicyclic) bond motifs is 1. The van der Waals surface area contributed by atoms with Crippen molar-refractivity contribution in [2.24, 2.45) is 7.05 Å². The van der Waals surface area contributed by atoms with Crippen LogP contribution in [0.15, 0.2) is 30.3 Å². The van der Waals surface area contributed by atoms with E-state index in [2.05, 4.69) is 10.1 Å². The molecule has 0 bridgehead atoms. The molecule has 0 aliphatic carbocycles. The number of halogens is 1. The number of methoxy groups -OCH3 is 1. The van der Waals surface area contributed by atoms with Gasteiger partial charge in [0.2, 0.25) is 0 Å². The summed E-state index contributed by atoms with van der Waals surface area (Å²) in [4.78, 5) is 19.8. The van der Waals surface area contributed by atoms with Gasteiger partial charge in [-0.3, -0.25) is 9.48 Å². The van der Waals surface area contributed by atoms with E-state index in [1.54, 1.807) is 48.0 Å². The highest BCUT2D eigenvalue weighted by atomic mass is 19.1. The van der Waals surface area contributed by atoms with Crippen LogP contribution >= 0.6 is 0 Å². The Kier molecular flexibility index (Phi) is 5.74. The van der Waals surface area contributed by atoms with Gasteiger partial charge >= 0.3 is 0 Å². The Morgan fingerprint density at radius 3 is 2.71 bits per heavy atom. The van der Waals surface area contributed by atoms with Crippen LogP contribution in [0.3, 0.4) is 0 Å². The maximum absolute atomic E-state index is 14.3. The minimum atomic E-state index is -0.335. The molecule has 1 amide bonds. The highest BCUT2D eigenvalue weighted by Crippen LogP contribution is 2.25. The lowest BCUT2D eigenvalue weighted by atomic mass is 10.1. The summed E-state index contributed by atoms with van der Waals surface area (Å²) >= 11 is 0. The number of pyridine rings is 1. The SMILES string of the molecule is COCC(C)N(Cc1ccccc1F)C(=O)c1cc(C)nc2c1c(C)nn2C. The predicted octanol–water partition coefficient (Wildman–Crippen LogP) is 3.40. The van der Waals surface area contributed by atoms with Gasteiger partial charge in [-0.05, 0) is 32.9 Å². The van der Waals surface area contributed by atoms with Crippen LogP contribution in [-0.4, -0.2) is 45.3 Å². The molecule has 0 aliphatic rings. The summed E-state index contributed by atoms with van der Waals surface area (Å²) in [5, 5.41) is 5.14. The lowest BCUT2D eigenvalue weighted by Crippen LogP contribution is -2.41. The van der Waals surface area contributed by atoms with Crippen molar-refractivity contribution < 1.29 is 13.9 Å². The third-order valence-electron chi connectivity index (χ3n) is 4.83. The van der Waals surface area contributed by atoms with Gasteiger partial charge in [0.05, 0.1) is 29.3 Å². The Labute approximate surface area is 163 Å². The van der Waals surface area contributed by atoms with Crippen LogP contribution in [0, 0.1) is 19.7 Å². The van der Waals surface area contributed by atoms with Crippen LogP contribution in [0.25, 0.3) is 11.0 Å². The average Bonchev–Trinajstić information content (AvgIpc) is 2.93. The van der Waals surface area contributed by atoms with Gasteiger partial charge in [0.1, 0.15) is 5.82 Å². The topological polar surface area (TPSA) is 60.2 Å². The Morgan fingerprint density at radius 1 is 1.32 bits per heavy atom. The molecule has 1 aromatic carbocycles. The fourth-order valence-corrected chi connectivity index (χ4v) is 3.46. The Bertz CT molecular complexity index is 1020. The van der Waals surface area contributed by atoms with Crippen molar-refractivity contribution >= 4 is 16.9 Å². The van der Waals surface area contributed by atoms with Crippen LogP contribution in [0.5, 0.6) is 0 Å². The van der Waals surface area contributed by atoms with E-state index in [-0.39, 0.29) is 24.3 Å².